The quantitative estimate of drug-likeness (QED) is 0.404. The zero-order chi connectivity index (χ0) is 23.5. The highest BCUT2D eigenvalue weighted by Gasteiger charge is 2.28. The number of halogens is 1. The van der Waals surface area contributed by atoms with Crippen LogP contribution in [-0.4, -0.2) is 33.9 Å². The number of thiazole rings is 1. The average Bonchev–Trinajstić information content (AvgIpc) is 3.54. The molecule has 0 aliphatic heterocycles. The highest BCUT2D eigenvalue weighted by molar-refractivity contribution is 7.18. The molecule has 3 aromatic rings. The second-order valence-electron chi connectivity index (χ2n) is 8.01. The summed E-state index contributed by atoms with van der Waals surface area (Å²) in [6, 6.07) is 6.74. The summed E-state index contributed by atoms with van der Waals surface area (Å²) in [7, 11) is 0. The van der Waals surface area contributed by atoms with E-state index < -0.39 is 23.5 Å². The van der Waals surface area contributed by atoms with Gasteiger partial charge in [0.1, 0.15) is 22.6 Å². The molecular formula is C22H25FN6O3S. The molecule has 1 fully saturated rings. The third-order valence-corrected chi connectivity index (χ3v) is 6.74. The van der Waals surface area contributed by atoms with Gasteiger partial charge >= 0.3 is 0 Å². The van der Waals surface area contributed by atoms with E-state index in [1.807, 2.05) is 0 Å². The molecule has 5 N–H and O–H groups in total. The fraction of sp³-hybridized carbons (Fsp3) is 0.364. The van der Waals surface area contributed by atoms with Crippen molar-refractivity contribution in [1.29, 1.82) is 0 Å². The predicted molar refractivity (Wildman–Crippen MR) is 123 cm³/mol. The van der Waals surface area contributed by atoms with E-state index in [1.54, 1.807) is 13.0 Å². The van der Waals surface area contributed by atoms with Gasteiger partial charge in [-0.05, 0) is 44.0 Å². The van der Waals surface area contributed by atoms with Gasteiger partial charge in [0.15, 0.2) is 5.13 Å². The Labute approximate surface area is 193 Å². The first kappa shape index (κ1) is 22.9. The van der Waals surface area contributed by atoms with Crippen molar-refractivity contribution in [2.75, 3.05) is 10.6 Å². The van der Waals surface area contributed by atoms with Gasteiger partial charge in [0.05, 0.1) is 5.69 Å². The number of aromatic nitrogens is 2. The van der Waals surface area contributed by atoms with Crippen LogP contribution in [0, 0.1) is 5.82 Å². The van der Waals surface area contributed by atoms with E-state index in [0.29, 0.717) is 24.0 Å². The topological polar surface area (TPSA) is 140 Å². The number of nitrogens with zero attached hydrogens (tertiary/aromatic N) is 3. The second-order valence-corrected chi connectivity index (χ2v) is 8.99. The predicted octanol–water partition coefficient (Wildman–Crippen LogP) is 3.13. The maximum Gasteiger partial charge on any atom is 0.244 e. The van der Waals surface area contributed by atoms with Crippen LogP contribution in [0.4, 0.5) is 21.0 Å². The number of nitrogen functional groups attached to an aromatic ring is 1. The van der Waals surface area contributed by atoms with Crippen LogP contribution in [0.5, 0.6) is 0 Å². The van der Waals surface area contributed by atoms with Gasteiger partial charge in [-0.2, -0.15) is 0 Å². The summed E-state index contributed by atoms with van der Waals surface area (Å²) in [5, 5.41) is 7.68. The van der Waals surface area contributed by atoms with E-state index in [1.165, 1.54) is 42.0 Å². The molecule has 1 amide bonds. The van der Waals surface area contributed by atoms with Crippen molar-refractivity contribution in [2.45, 2.75) is 51.2 Å². The van der Waals surface area contributed by atoms with Crippen LogP contribution in [-0.2, 0) is 11.3 Å². The Morgan fingerprint density at radius 2 is 2.00 bits per heavy atom. The van der Waals surface area contributed by atoms with Crippen LogP contribution in [0.25, 0.3) is 0 Å². The summed E-state index contributed by atoms with van der Waals surface area (Å²) in [4.78, 5) is 30.9. The number of carbonyl (C=O) groups is 2. The summed E-state index contributed by atoms with van der Waals surface area (Å²) in [6.07, 6.45) is 4.71. The number of anilines is 3. The lowest BCUT2D eigenvalue weighted by Crippen LogP contribution is -2.39. The lowest BCUT2D eigenvalue weighted by molar-refractivity contribution is -0.118. The van der Waals surface area contributed by atoms with E-state index in [0.717, 1.165) is 24.2 Å². The first-order valence-corrected chi connectivity index (χ1v) is 11.5. The maximum absolute atomic E-state index is 13.4. The molecule has 1 unspecified atom stereocenters. The molecule has 2 aromatic heterocycles. The molecule has 4 rings (SSSR count). The zero-order valence-corrected chi connectivity index (χ0v) is 18.9. The molecule has 1 aliphatic rings. The Morgan fingerprint density at radius 3 is 2.67 bits per heavy atom. The Hall–Kier alpha value is -3.31. The average molecular weight is 473 g/mol. The van der Waals surface area contributed by atoms with Crippen LogP contribution in [0.15, 0.2) is 34.9 Å². The van der Waals surface area contributed by atoms with Crippen LogP contribution in [0.2, 0.25) is 0 Å². The maximum atomic E-state index is 13.4. The van der Waals surface area contributed by atoms with Crippen molar-refractivity contribution in [2.24, 2.45) is 5.73 Å². The number of rotatable bonds is 9. The van der Waals surface area contributed by atoms with E-state index in [-0.39, 0.29) is 21.6 Å². The normalized spacial score (nSPS) is 15.0. The van der Waals surface area contributed by atoms with Crippen LogP contribution in [0.3, 0.4) is 0 Å². The van der Waals surface area contributed by atoms with Crippen molar-refractivity contribution in [3.05, 3.63) is 52.5 Å². The van der Waals surface area contributed by atoms with Crippen molar-refractivity contribution in [3.8, 4) is 0 Å². The number of amides is 1. The highest BCUT2D eigenvalue weighted by atomic mass is 32.1. The number of nitrogens with two attached hydrogens (primary N) is 2. The standard InChI is InChI=1S/C22H25FN6O3S/c1-12(21(25)31)29(16-8-6-13(23)7-9-16)22-27-20(24)19(33-22)18(30)17-10-15(28-32-17)11-26-14-4-2-3-5-14/h6-10,12,14,26H,2-5,11,24H2,1H3,(H2,25,31). The number of benzene rings is 1. The van der Waals surface area contributed by atoms with Crippen LogP contribution in [0.1, 0.15) is 53.7 Å². The van der Waals surface area contributed by atoms with Crippen molar-refractivity contribution < 1.29 is 18.5 Å². The highest BCUT2D eigenvalue weighted by Crippen LogP contribution is 2.36. The Kier molecular flexibility index (Phi) is 6.70. The molecule has 174 valence electrons. The third-order valence-electron chi connectivity index (χ3n) is 5.67. The molecular weight excluding hydrogens is 447 g/mol. The number of primary amides is 1. The van der Waals surface area contributed by atoms with Crippen molar-refractivity contribution >= 4 is 39.7 Å². The molecule has 1 aliphatic carbocycles. The van der Waals surface area contributed by atoms with Crippen LogP contribution >= 0.6 is 11.3 Å². The largest absolute Gasteiger partial charge is 0.382 e. The van der Waals surface area contributed by atoms with Gasteiger partial charge < -0.3 is 26.2 Å². The smallest absolute Gasteiger partial charge is 0.244 e. The van der Waals surface area contributed by atoms with Gasteiger partial charge in [0, 0.05) is 24.3 Å². The van der Waals surface area contributed by atoms with Crippen molar-refractivity contribution in [3.63, 3.8) is 0 Å². The number of carbonyl (C=O) groups excluding carboxylic acids is 2. The lowest BCUT2D eigenvalue weighted by Gasteiger charge is -2.26. The number of ketones is 1. The molecule has 1 atom stereocenters. The summed E-state index contributed by atoms with van der Waals surface area (Å²) >= 11 is 0.994. The molecule has 0 spiro atoms. The van der Waals surface area contributed by atoms with Crippen molar-refractivity contribution in [1.82, 2.24) is 15.5 Å². The fourth-order valence-corrected chi connectivity index (χ4v) is 4.84. The first-order chi connectivity index (χ1) is 15.8. The van der Waals surface area contributed by atoms with E-state index in [4.69, 9.17) is 16.0 Å². The minimum Gasteiger partial charge on any atom is -0.382 e. The van der Waals surface area contributed by atoms with E-state index in [2.05, 4.69) is 15.5 Å². The number of hydrogen-bond donors (Lipinski definition) is 3. The van der Waals surface area contributed by atoms with Gasteiger partial charge in [0.25, 0.3) is 0 Å². The fourth-order valence-electron chi connectivity index (χ4n) is 3.81. The summed E-state index contributed by atoms with van der Waals surface area (Å²) in [5.74, 6) is -1.46. The second kappa shape index (κ2) is 9.67. The molecule has 9 nitrogen and oxygen atoms in total. The lowest BCUT2D eigenvalue weighted by atomic mass is 10.2. The Morgan fingerprint density at radius 1 is 1.30 bits per heavy atom. The third kappa shape index (κ3) is 5.04. The molecule has 33 heavy (non-hydrogen) atoms. The zero-order valence-electron chi connectivity index (χ0n) is 18.1. The van der Waals surface area contributed by atoms with Gasteiger partial charge in [0.2, 0.25) is 17.5 Å². The monoisotopic (exact) mass is 472 g/mol. The summed E-state index contributed by atoms with van der Waals surface area (Å²) in [6.45, 7) is 2.10. The molecule has 0 bridgehead atoms. The Bertz CT molecular complexity index is 1140. The molecule has 0 radical (unpaired) electrons. The van der Waals surface area contributed by atoms with E-state index in [9.17, 15) is 14.0 Å². The van der Waals surface area contributed by atoms with Gasteiger partial charge in [-0.25, -0.2) is 9.37 Å². The first-order valence-electron chi connectivity index (χ1n) is 10.7. The van der Waals surface area contributed by atoms with Gasteiger partial charge in [-0.1, -0.05) is 29.3 Å². The molecule has 0 saturated heterocycles. The molecule has 11 heteroatoms. The number of nitrogens with one attached hydrogen (secondary N) is 1. The summed E-state index contributed by atoms with van der Waals surface area (Å²) < 4.78 is 18.7. The molecule has 1 saturated carbocycles. The number of hydrogen-bond acceptors (Lipinski definition) is 9. The minimum absolute atomic E-state index is 0.00851. The molecule has 2 heterocycles. The van der Waals surface area contributed by atoms with Crippen LogP contribution < -0.4 is 21.7 Å². The Balaban J connectivity index is 1.56. The van der Waals surface area contributed by atoms with Gasteiger partial charge in [-0.3, -0.25) is 9.59 Å². The minimum atomic E-state index is -0.817. The van der Waals surface area contributed by atoms with Gasteiger partial charge in [-0.15, -0.1) is 0 Å². The molecule has 1 aromatic carbocycles. The summed E-state index contributed by atoms with van der Waals surface area (Å²) in [5.41, 5.74) is 12.7. The SMILES string of the molecule is CC(C(N)=O)N(c1ccc(F)cc1)c1nc(N)c(C(=O)c2cc(CNC3CCCC3)no2)s1. The van der Waals surface area contributed by atoms with E-state index >= 15 is 0 Å².